The van der Waals surface area contributed by atoms with Crippen molar-refractivity contribution in [3.05, 3.63) is 46.2 Å². The predicted octanol–water partition coefficient (Wildman–Crippen LogP) is 4.17. The number of nitrogens with zero attached hydrogens (tertiary/aromatic N) is 3. The Bertz CT molecular complexity index is 938. The molecule has 1 fully saturated rings. The molecule has 2 aliphatic rings. The third-order valence-corrected chi connectivity index (χ3v) is 6.60. The number of rotatable bonds is 5. The minimum absolute atomic E-state index is 0.123. The molecule has 1 aromatic heterocycles. The van der Waals surface area contributed by atoms with Gasteiger partial charge in [0.15, 0.2) is 5.69 Å². The fourth-order valence-corrected chi connectivity index (χ4v) is 4.82. The van der Waals surface area contributed by atoms with Crippen molar-refractivity contribution in [3.63, 3.8) is 0 Å². The SMILES string of the molecule is CC1CCCN(C(=O)CCNC(=O)c2nn(-c3ccc(Cl)cc3)c3c2CCCCC3)C1. The average Bonchev–Trinajstić information content (AvgIpc) is 2.95. The maximum atomic E-state index is 13.0. The molecule has 1 N–H and O–H groups in total. The standard InChI is InChI=1S/C24H31ClN4O2/c1-17-6-5-15-28(16-17)22(30)13-14-26-24(31)23-20-7-3-2-4-8-21(20)29(27-23)19-11-9-18(25)10-12-19/h9-12,17H,2-8,13-16H2,1H3,(H,26,31). The Morgan fingerprint density at radius 2 is 1.90 bits per heavy atom. The number of aromatic nitrogens is 2. The quantitative estimate of drug-likeness (QED) is 0.706. The zero-order valence-electron chi connectivity index (χ0n) is 18.2. The Hall–Kier alpha value is -2.34. The molecule has 2 heterocycles. The summed E-state index contributed by atoms with van der Waals surface area (Å²) in [6, 6.07) is 7.55. The molecule has 6 nitrogen and oxygen atoms in total. The van der Waals surface area contributed by atoms with Crippen LogP contribution in [-0.4, -0.2) is 46.1 Å². The van der Waals surface area contributed by atoms with Crippen LogP contribution in [0.25, 0.3) is 5.69 Å². The highest BCUT2D eigenvalue weighted by Crippen LogP contribution is 2.27. The van der Waals surface area contributed by atoms with E-state index in [1.165, 1.54) is 6.42 Å². The summed E-state index contributed by atoms with van der Waals surface area (Å²) < 4.78 is 1.90. The van der Waals surface area contributed by atoms with Gasteiger partial charge in [0.05, 0.1) is 5.69 Å². The number of benzene rings is 1. The summed E-state index contributed by atoms with van der Waals surface area (Å²) in [4.78, 5) is 27.4. The zero-order valence-corrected chi connectivity index (χ0v) is 19.0. The van der Waals surface area contributed by atoms with Gasteiger partial charge in [-0.3, -0.25) is 9.59 Å². The first kappa shape index (κ1) is 21.9. The van der Waals surface area contributed by atoms with Crippen LogP contribution in [0, 0.1) is 5.92 Å². The van der Waals surface area contributed by atoms with Gasteiger partial charge < -0.3 is 10.2 Å². The van der Waals surface area contributed by atoms with E-state index in [1.807, 2.05) is 33.8 Å². The van der Waals surface area contributed by atoms with Gasteiger partial charge in [0.2, 0.25) is 5.91 Å². The van der Waals surface area contributed by atoms with E-state index in [4.69, 9.17) is 16.7 Å². The molecule has 1 unspecified atom stereocenters. The molecule has 1 atom stereocenters. The summed E-state index contributed by atoms with van der Waals surface area (Å²) in [5, 5.41) is 8.31. The molecular formula is C24H31ClN4O2. The Kier molecular flexibility index (Phi) is 6.96. The van der Waals surface area contributed by atoms with Gasteiger partial charge in [0.1, 0.15) is 0 Å². The fourth-order valence-electron chi connectivity index (χ4n) is 4.69. The second-order valence-electron chi connectivity index (χ2n) is 8.82. The molecule has 1 aliphatic carbocycles. The Labute approximate surface area is 188 Å². The number of fused-ring (bicyclic) bond motifs is 1. The van der Waals surface area contributed by atoms with Gasteiger partial charge in [0.25, 0.3) is 5.91 Å². The van der Waals surface area contributed by atoms with Crippen molar-refractivity contribution in [2.75, 3.05) is 19.6 Å². The summed E-state index contributed by atoms with van der Waals surface area (Å²) in [6.07, 6.45) is 7.65. The molecule has 7 heteroatoms. The van der Waals surface area contributed by atoms with Crippen LogP contribution in [0.1, 0.15) is 67.2 Å². The fraction of sp³-hybridized carbons (Fsp3) is 0.542. The van der Waals surface area contributed by atoms with E-state index in [0.29, 0.717) is 29.6 Å². The van der Waals surface area contributed by atoms with Crippen molar-refractivity contribution >= 4 is 23.4 Å². The molecule has 4 rings (SSSR count). The minimum atomic E-state index is -0.189. The first-order valence-electron chi connectivity index (χ1n) is 11.5. The van der Waals surface area contributed by atoms with Crippen LogP contribution in [0.4, 0.5) is 0 Å². The molecule has 1 saturated heterocycles. The number of likely N-dealkylation sites (tertiary alicyclic amines) is 1. The van der Waals surface area contributed by atoms with Crippen molar-refractivity contribution < 1.29 is 9.59 Å². The van der Waals surface area contributed by atoms with E-state index in [0.717, 1.165) is 68.6 Å². The van der Waals surface area contributed by atoms with Crippen molar-refractivity contribution in [1.82, 2.24) is 20.0 Å². The smallest absolute Gasteiger partial charge is 0.272 e. The van der Waals surface area contributed by atoms with Gasteiger partial charge in [-0.05, 0) is 68.7 Å². The Balaban J connectivity index is 1.46. The lowest BCUT2D eigenvalue weighted by Gasteiger charge is -2.31. The van der Waals surface area contributed by atoms with E-state index >= 15 is 0 Å². The van der Waals surface area contributed by atoms with Crippen LogP contribution in [0.5, 0.6) is 0 Å². The lowest BCUT2D eigenvalue weighted by molar-refractivity contribution is -0.132. The monoisotopic (exact) mass is 442 g/mol. The number of amides is 2. The third-order valence-electron chi connectivity index (χ3n) is 6.35. The molecular weight excluding hydrogens is 412 g/mol. The molecule has 2 amide bonds. The lowest BCUT2D eigenvalue weighted by atomic mass is 10.00. The van der Waals surface area contributed by atoms with Crippen LogP contribution in [0.3, 0.4) is 0 Å². The highest BCUT2D eigenvalue weighted by molar-refractivity contribution is 6.30. The second-order valence-corrected chi connectivity index (χ2v) is 9.25. The molecule has 1 aliphatic heterocycles. The van der Waals surface area contributed by atoms with Gasteiger partial charge in [-0.2, -0.15) is 5.10 Å². The average molecular weight is 443 g/mol. The third kappa shape index (κ3) is 5.12. The van der Waals surface area contributed by atoms with Crippen LogP contribution >= 0.6 is 11.6 Å². The summed E-state index contributed by atoms with van der Waals surface area (Å²) in [6.45, 7) is 4.18. The summed E-state index contributed by atoms with van der Waals surface area (Å²) in [7, 11) is 0. The molecule has 1 aromatic carbocycles. The number of carbonyl (C=O) groups is 2. The predicted molar refractivity (Wildman–Crippen MR) is 122 cm³/mol. The van der Waals surface area contributed by atoms with Gasteiger partial charge in [0, 0.05) is 42.3 Å². The van der Waals surface area contributed by atoms with E-state index in [1.54, 1.807) is 0 Å². The van der Waals surface area contributed by atoms with E-state index in [-0.39, 0.29) is 11.8 Å². The number of hydrogen-bond acceptors (Lipinski definition) is 3. The van der Waals surface area contributed by atoms with E-state index < -0.39 is 0 Å². The van der Waals surface area contributed by atoms with Crippen molar-refractivity contribution in [1.29, 1.82) is 0 Å². The minimum Gasteiger partial charge on any atom is -0.350 e. The normalized spacial score (nSPS) is 18.9. The molecule has 0 spiro atoms. The van der Waals surface area contributed by atoms with Crippen molar-refractivity contribution in [3.8, 4) is 5.69 Å². The molecule has 166 valence electrons. The Morgan fingerprint density at radius 1 is 1.13 bits per heavy atom. The highest BCUT2D eigenvalue weighted by atomic mass is 35.5. The van der Waals surface area contributed by atoms with Gasteiger partial charge in [-0.1, -0.05) is 24.9 Å². The number of hydrogen-bond donors (Lipinski definition) is 1. The van der Waals surface area contributed by atoms with Crippen molar-refractivity contribution in [2.45, 2.75) is 58.3 Å². The van der Waals surface area contributed by atoms with Gasteiger partial charge in [-0.25, -0.2) is 4.68 Å². The van der Waals surface area contributed by atoms with E-state index in [9.17, 15) is 9.59 Å². The largest absolute Gasteiger partial charge is 0.350 e. The number of piperidine rings is 1. The molecule has 0 bridgehead atoms. The van der Waals surface area contributed by atoms with Gasteiger partial charge >= 0.3 is 0 Å². The first-order chi connectivity index (χ1) is 15.0. The molecule has 0 saturated carbocycles. The zero-order chi connectivity index (χ0) is 21.8. The first-order valence-corrected chi connectivity index (χ1v) is 11.8. The second kappa shape index (κ2) is 9.86. The maximum absolute atomic E-state index is 13.0. The summed E-state index contributed by atoms with van der Waals surface area (Å²) in [5.41, 5.74) is 3.56. The summed E-state index contributed by atoms with van der Waals surface area (Å²) in [5.74, 6) is 0.489. The number of nitrogens with one attached hydrogen (secondary N) is 1. The topological polar surface area (TPSA) is 67.2 Å². The van der Waals surface area contributed by atoms with Crippen LogP contribution in [-0.2, 0) is 17.6 Å². The molecule has 0 radical (unpaired) electrons. The maximum Gasteiger partial charge on any atom is 0.272 e. The highest BCUT2D eigenvalue weighted by Gasteiger charge is 2.25. The molecule has 2 aromatic rings. The lowest BCUT2D eigenvalue weighted by Crippen LogP contribution is -2.40. The van der Waals surface area contributed by atoms with Crippen LogP contribution in [0.15, 0.2) is 24.3 Å². The van der Waals surface area contributed by atoms with E-state index in [2.05, 4.69) is 12.2 Å². The van der Waals surface area contributed by atoms with Gasteiger partial charge in [-0.15, -0.1) is 0 Å². The number of carbonyl (C=O) groups excluding carboxylic acids is 2. The Morgan fingerprint density at radius 3 is 2.68 bits per heavy atom. The van der Waals surface area contributed by atoms with Crippen LogP contribution < -0.4 is 5.32 Å². The van der Waals surface area contributed by atoms with Crippen LogP contribution in [0.2, 0.25) is 5.02 Å². The molecule has 31 heavy (non-hydrogen) atoms. The van der Waals surface area contributed by atoms with Crippen molar-refractivity contribution in [2.24, 2.45) is 5.92 Å². The summed E-state index contributed by atoms with van der Waals surface area (Å²) >= 11 is 6.05. The number of halogens is 1.